The molecule has 4 aliphatic heterocycles. The molecule has 2 fully saturated rings. The van der Waals surface area contributed by atoms with Crippen molar-refractivity contribution in [1.82, 2.24) is 9.80 Å². The lowest BCUT2D eigenvalue weighted by atomic mass is 9.73. The van der Waals surface area contributed by atoms with Crippen LogP contribution in [-0.2, 0) is 25.7 Å². The number of rotatable bonds is 8. The molecule has 6 atom stereocenters. The first-order valence-corrected chi connectivity index (χ1v) is 16.3. The molecule has 0 aliphatic carbocycles. The number of fused-ring (bicyclic) bond motifs is 2. The molecule has 1 N–H and O–H groups in total. The molecule has 0 radical (unpaired) electrons. The fourth-order valence-electron chi connectivity index (χ4n) is 8.34. The van der Waals surface area contributed by atoms with Crippen LogP contribution >= 0.6 is 0 Å². The van der Waals surface area contributed by atoms with E-state index in [1.165, 1.54) is 0 Å². The van der Waals surface area contributed by atoms with Gasteiger partial charge in [-0.3, -0.25) is 14.4 Å². The number of aryl methyl sites for hydroxylation is 2. The molecule has 45 heavy (non-hydrogen) atoms. The normalized spacial score (nSPS) is 30.0. The van der Waals surface area contributed by atoms with E-state index in [1.807, 2.05) is 107 Å². The summed E-state index contributed by atoms with van der Waals surface area (Å²) >= 11 is 0. The number of likely N-dealkylation sites (tertiary alicyclic amines) is 1. The van der Waals surface area contributed by atoms with Gasteiger partial charge >= 0.3 is 0 Å². The van der Waals surface area contributed by atoms with Crippen LogP contribution < -0.4 is 4.90 Å². The van der Waals surface area contributed by atoms with Gasteiger partial charge in [-0.05, 0) is 49.3 Å². The van der Waals surface area contributed by atoms with Gasteiger partial charge in [-0.1, -0.05) is 93.6 Å². The average Bonchev–Trinajstić information content (AvgIpc) is 3.32. The van der Waals surface area contributed by atoms with Gasteiger partial charge in [-0.2, -0.15) is 0 Å². The van der Waals surface area contributed by atoms with Gasteiger partial charge < -0.3 is 24.5 Å². The van der Waals surface area contributed by atoms with Crippen LogP contribution in [0.4, 0.5) is 5.69 Å². The second-order valence-corrected chi connectivity index (χ2v) is 13.5. The second kappa shape index (κ2) is 11.9. The molecule has 4 heterocycles. The highest BCUT2D eigenvalue weighted by atomic mass is 16.5. The Hall–Kier alpha value is -3.75. The second-order valence-electron chi connectivity index (χ2n) is 13.5. The zero-order valence-electron chi connectivity index (χ0n) is 27.0. The predicted octanol–water partition coefficient (Wildman–Crippen LogP) is 4.57. The largest absolute Gasteiger partial charge is 0.394 e. The van der Waals surface area contributed by atoms with Gasteiger partial charge in [0.15, 0.2) is 0 Å². The van der Waals surface area contributed by atoms with Gasteiger partial charge in [0.1, 0.15) is 11.6 Å². The molecule has 2 aromatic carbocycles. The van der Waals surface area contributed by atoms with Crippen LogP contribution in [0.3, 0.4) is 0 Å². The zero-order valence-corrected chi connectivity index (χ0v) is 27.0. The molecule has 0 aromatic heterocycles. The lowest BCUT2D eigenvalue weighted by molar-refractivity contribution is -0.153. The first-order chi connectivity index (χ1) is 21.6. The molecule has 0 bridgehead atoms. The van der Waals surface area contributed by atoms with Gasteiger partial charge in [0.25, 0.3) is 5.91 Å². The van der Waals surface area contributed by atoms with Crippen LogP contribution in [0.15, 0.2) is 72.8 Å². The van der Waals surface area contributed by atoms with Crippen molar-refractivity contribution in [3.05, 3.63) is 89.5 Å². The van der Waals surface area contributed by atoms with Crippen molar-refractivity contribution in [3.63, 3.8) is 0 Å². The molecule has 0 saturated carbocycles. The van der Waals surface area contributed by atoms with Crippen molar-refractivity contribution in [1.29, 1.82) is 0 Å². The molecular formula is C37H45N3O5. The van der Waals surface area contributed by atoms with Gasteiger partial charge in [0, 0.05) is 25.3 Å². The molecule has 6 rings (SSSR count). The maximum atomic E-state index is 15.0. The van der Waals surface area contributed by atoms with Crippen molar-refractivity contribution in [2.24, 2.45) is 17.8 Å². The van der Waals surface area contributed by atoms with E-state index in [9.17, 15) is 14.7 Å². The number of carbonyl (C=O) groups is 3. The van der Waals surface area contributed by atoms with Crippen LogP contribution in [0.25, 0.3) is 0 Å². The summed E-state index contributed by atoms with van der Waals surface area (Å²) in [5.74, 6) is -2.29. The Morgan fingerprint density at radius 3 is 2.22 bits per heavy atom. The Bertz CT molecular complexity index is 1520. The SMILES string of the molecule is CC[C@@]12C=CCN(Cc3ccccc3)C(=O)[C@@H]1[C@H]1C(=O)N([C@@H](CO)CC(C)C)C3C(=O)N(c4c(C)cccc4C)CC=C[C@@]31O2. The summed E-state index contributed by atoms with van der Waals surface area (Å²) in [6.07, 6.45) is 8.74. The fraction of sp³-hybridized carbons (Fsp3) is 0.486. The van der Waals surface area contributed by atoms with E-state index >= 15 is 4.79 Å². The number of hydrogen-bond acceptors (Lipinski definition) is 5. The van der Waals surface area contributed by atoms with Crippen molar-refractivity contribution in [2.75, 3.05) is 24.6 Å². The summed E-state index contributed by atoms with van der Waals surface area (Å²) in [5.41, 5.74) is 1.29. The monoisotopic (exact) mass is 611 g/mol. The molecule has 2 saturated heterocycles. The molecule has 3 amide bonds. The number of ether oxygens (including phenoxy) is 1. The Kier molecular flexibility index (Phi) is 8.25. The fourth-order valence-corrected chi connectivity index (χ4v) is 8.34. The molecule has 8 nitrogen and oxygen atoms in total. The summed E-state index contributed by atoms with van der Waals surface area (Å²) in [4.78, 5) is 49.8. The van der Waals surface area contributed by atoms with E-state index in [1.54, 1.807) is 14.7 Å². The number of amides is 3. The minimum atomic E-state index is -1.37. The summed E-state index contributed by atoms with van der Waals surface area (Å²) in [5, 5.41) is 10.7. The van der Waals surface area contributed by atoms with Crippen molar-refractivity contribution in [3.8, 4) is 0 Å². The van der Waals surface area contributed by atoms with Gasteiger partial charge in [0.05, 0.1) is 30.1 Å². The number of hydrogen-bond donors (Lipinski definition) is 1. The minimum absolute atomic E-state index is 0.150. The third-order valence-electron chi connectivity index (χ3n) is 10.2. The van der Waals surface area contributed by atoms with Crippen molar-refractivity contribution >= 4 is 23.4 Å². The first-order valence-electron chi connectivity index (χ1n) is 16.3. The summed E-state index contributed by atoms with van der Waals surface area (Å²) in [6, 6.07) is 14.1. The Morgan fingerprint density at radius 1 is 0.889 bits per heavy atom. The third kappa shape index (κ3) is 4.93. The molecular weight excluding hydrogens is 566 g/mol. The van der Waals surface area contributed by atoms with Gasteiger partial charge in [-0.15, -0.1) is 0 Å². The highest BCUT2D eigenvalue weighted by molar-refractivity contribution is 6.06. The summed E-state index contributed by atoms with van der Waals surface area (Å²) in [6.45, 7) is 10.8. The maximum absolute atomic E-state index is 15.0. The number of aliphatic hydroxyl groups is 1. The number of benzene rings is 2. The van der Waals surface area contributed by atoms with E-state index in [4.69, 9.17) is 4.74 Å². The van der Waals surface area contributed by atoms with Crippen LogP contribution in [0.2, 0.25) is 0 Å². The van der Waals surface area contributed by atoms with E-state index < -0.39 is 35.1 Å². The highest BCUT2D eigenvalue weighted by Gasteiger charge is 2.76. The van der Waals surface area contributed by atoms with Crippen molar-refractivity contribution in [2.45, 2.75) is 77.3 Å². The lowest BCUT2D eigenvalue weighted by Gasteiger charge is -2.41. The van der Waals surface area contributed by atoms with Crippen LogP contribution in [-0.4, -0.2) is 75.6 Å². The molecule has 2 aromatic rings. The highest BCUT2D eigenvalue weighted by Crippen LogP contribution is 2.59. The number of nitrogens with zero attached hydrogens (tertiary/aromatic N) is 3. The van der Waals surface area contributed by atoms with E-state index in [2.05, 4.69) is 0 Å². The quantitative estimate of drug-likeness (QED) is 0.442. The molecule has 1 unspecified atom stereocenters. The van der Waals surface area contributed by atoms with E-state index in [-0.39, 0.29) is 30.2 Å². The van der Waals surface area contributed by atoms with Crippen LogP contribution in [0.1, 0.15) is 50.3 Å². The molecule has 8 heteroatoms. The summed E-state index contributed by atoms with van der Waals surface area (Å²) < 4.78 is 7.15. The predicted molar refractivity (Wildman–Crippen MR) is 173 cm³/mol. The lowest BCUT2D eigenvalue weighted by Crippen LogP contribution is -2.59. The Morgan fingerprint density at radius 2 is 1.58 bits per heavy atom. The van der Waals surface area contributed by atoms with Gasteiger partial charge in [0.2, 0.25) is 11.8 Å². The number of anilines is 1. The van der Waals surface area contributed by atoms with Crippen LogP contribution in [0, 0.1) is 31.6 Å². The third-order valence-corrected chi connectivity index (χ3v) is 10.2. The average molecular weight is 612 g/mol. The van der Waals surface area contributed by atoms with E-state index in [0.29, 0.717) is 32.5 Å². The molecule has 238 valence electrons. The minimum Gasteiger partial charge on any atom is -0.394 e. The summed E-state index contributed by atoms with van der Waals surface area (Å²) in [7, 11) is 0. The maximum Gasteiger partial charge on any atom is 0.253 e. The number of aliphatic hydroxyl groups excluding tert-OH is 1. The first kappa shape index (κ1) is 31.2. The Labute approximate surface area is 266 Å². The number of para-hydroxylation sites is 1. The van der Waals surface area contributed by atoms with Crippen molar-refractivity contribution < 1.29 is 24.2 Å². The number of carbonyl (C=O) groups excluding carboxylic acids is 3. The molecule has 4 aliphatic rings. The zero-order chi connectivity index (χ0) is 32.1. The smallest absolute Gasteiger partial charge is 0.253 e. The van der Waals surface area contributed by atoms with E-state index in [0.717, 1.165) is 22.4 Å². The Balaban J connectivity index is 1.50. The van der Waals surface area contributed by atoms with Crippen LogP contribution in [0.5, 0.6) is 0 Å². The topological polar surface area (TPSA) is 90.4 Å². The van der Waals surface area contributed by atoms with Gasteiger partial charge in [-0.25, -0.2) is 0 Å². The molecule has 1 spiro atoms. The standard InChI is InChI=1S/C37H45N3O5/c1-6-36-17-11-19-38(22-27-15-8-7-9-16-27)33(42)29(36)30-34(43)40(28(23-41)21-24(2)3)32-35(44)39(20-12-18-37(30,32)45-36)31-25(4)13-10-14-26(31)5/h7-18,24,28-30,32,41H,6,19-23H2,1-5H3/t28-,29+,30+,32?,36-,37+/m1/s1.